The fourth-order valence-electron chi connectivity index (χ4n) is 3.79. The molecule has 0 aliphatic carbocycles. The largest absolute Gasteiger partial charge is 0.339 e. The number of benzene rings is 1. The summed E-state index contributed by atoms with van der Waals surface area (Å²) >= 11 is 0. The van der Waals surface area contributed by atoms with E-state index in [2.05, 4.69) is 15.7 Å². The molecule has 2 fully saturated rings. The van der Waals surface area contributed by atoms with Crippen LogP contribution in [0, 0.1) is 0 Å². The normalized spacial score (nSPS) is 22.0. The molecule has 2 saturated heterocycles. The average molecular weight is 404 g/mol. The number of carbonyl (C=O) groups excluding carboxylic acids is 2. The van der Waals surface area contributed by atoms with Crippen molar-refractivity contribution >= 4 is 24.2 Å². The minimum atomic E-state index is -0.470. The zero-order chi connectivity index (χ0) is 18.6. The Morgan fingerprint density at radius 3 is 2.79 bits per heavy atom. The van der Waals surface area contributed by atoms with Crippen LogP contribution in [-0.2, 0) is 11.3 Å². The highest BCUT2D eigenvalue weighted by atomic mass is 35.5. The fourth-order valence-corrected chi connectivity index (χ4v) is 3.79. The van der Waals surface area contributed by atoms with Crippen molar-refractivity contribution in [3.63, 3.8) is 0 Å². The van der Waals surface area contributed by atoms with Crippen molar-refractivity contribution < 1.29 is 9.59 Å². The summed E-state index contributed by atoms with van der Waals surface area (Å²) in [6.07, 6.45) is 4.65. The van der Waals surface area contributed by atoms with Gasteiger partial charge in [-0.15, -0.1) is 12.4 Å². The molecule has 0 radical (unpaired) electrons. The lowest BCUT2D eigenvalue weighted by Crippen LogP contribution is -2.41. The molecule has 2 aromatic rings. The number of aromatic nitrogens is 2. The first kappa shape index (κ1) is 20.4. The van der Waals surface area contributed by atoms with Crippen LogP contribution in [0.3, 0.4) is 0 Å². The van der Waals surface area contributed by atoms with Crippen LogP contribution < -0.4 is 10.6 Å². The second kappa shape index (κ2) is 9.21. The summed E-state index contributed by atoms with van der Waals surface area (Å²) < 4.78 is 1.86. The van der Waals surface area contributed by atoms with E-state index in [-0.39, 0.29) is 30.3 Å². The van der Waals surface area contributed by atoms with E-state index in [1.807, 2.05) is 41.2 Å². The third-order valence-electron chi connectivity index (χ3n) is 5.31. The fraction of sp³-hybridized carbons (Fsp3) is 0.450. The Morgan fingerprint density at radius 1 is 1.21 bits per heavy atom. The number of halogens is 1. The average Bonchev–Trinajstić information content (AvgIpc) is 3.33. The van der Waals surface area contributed by atoms with Crippen LogP contribution in [0.25, 0.3) is 0 Å². The lowest BCUT2D eigenvalue weighted by atomic mass is 10.1. The molecule has 0 spiro atoms. The van der Waals surface area contributed by atoms with Crippen LogP contribution >= 0.6 is 12.4 Å². The van der Waals surface area contributed by atoms with E-state index in [9.17, 15) is 9.59 Å². The number of likely N-dealkylation sites (tertiary alicyclic amines) is 1. The van der Waals surface area contributed by atoms with Crippen molar-refractivity contribution in [1.29, 1.82) is 0 Å². The molecular weight excluding hydrogens is 378 g/mol. The van der Waals surface area contributed by atoms with Gasteiger partial charge in [0.05, 0.1) is 6.04 Å². The van der Waals surface area contributed by atoms with Gasteiger partial charge in [-0.3, -0.25) is 14.3 Å². The molecule has 7 nitrogen and oxygen atoms in total. The van der Waals surface area contributed by atoms with Crippen molar-refractivity contribution in [2.75, 3.05) is 19.6 Å². The summed E-state index contributed by atoms with van der Waals surface area (Å²) in [6, 6.07) is 11.4. The third-order valence-corrected chi connectivity index (χ3v) is 5.31. The minimum Gasteiger partial charge on any atom is -0.339 e. The van der Waals surface area contributed by atoms with Gasteiger partial charge in [-0.05, 0) is 37.4 Å². The van der Waals surface area contributed by atoms with Gasteiger partial charge in [0.25, 0.3) is 5.91 Å². The molecule has 1 aromatic heterocycles. The number of hydrogen-bond acceptors (Lipinski definition) is 4. The van der Waals surface area contributed by atoms with Crippen LogP contribution in [0.15, 0.2) is 42.6 Å². The van der Waals surface area contributed by atoms with Gasteiger partial charge in [0, 0.05) is 25.8 Å². The predicted molar refractivity (Wildman–Crippen MR) is 108 cm³/mol. The topological polar surface area (TPSA) is 79.3 Å². The molecule has 3 heterocycles. The van der Waals surface area contributed by atoms with Gasteiger partial charge >= 0.3 is 0 Å². The van der Waals surface area contributed by atoms with Gasteiger partial charge in [0.15, 0.2) is 0 Å². The van der Waals surface area contributed by atoms with E-state index >= 15 is 0 Å². The van der Waals surface area contributed by atoms with E-state index in [0.29, 0.717) is 25.2 Å². The molecule has 4 rings (SSSR count). The van der Waals surface area contributed by atoms with Gasteiger partial charge in [-0.25, -0.2) is 0 Å². The Balaban J connectivity index is 0.00000225. The second-order valence-corrected chi connectivity index (χ2v) is 7.24. The van der Waals surface area contributed by atoms with Gasteiger partial charge < -0.3 is 15.5 Å². The minimum absolute atomic E-state index is 0. The standard InChI is InChI=1S/C20H25N5O2.ClH/c26-19(17-9-12-25(23-17)16-7-4-10-21-13-16)22-18-8-11-24(20(18)27)14-15-5-2-1-3-6-15;/h1-3,5-6,9,12,16,18,21H,4,7-8,10-11,13-14H2,(H,22,26);1H. The Kier molecular flexibility index (Phi) is 6.70. The molecular formula is C20H26ClN5O2. The third kappa shape index (κ3) is 4.54. The van der Waals surface area contributed by atoms with Crippen LogP contribution in [0.5, 0.6) is 0 Å². The van der Waals surface area contributed by atoms with Gasteiger partial charge in [-0.2, -0.15) is 5.10 Å². The maximum Gasteiger partial charge on any atom is 0.272 e. The highest BCUT2D eigenvalue weighted by Gasteiger charge is 2.33. The van der Waals surface area contributed by atoms with Crippen molar-refractivity contribution in [2.45, 2.75) is 37.9 Å². The Labute approximate surface area is 170 Å². The Bertz CT molecular complexity index is 804. The molecule has 2 N–H and O–H groups in total. The Hall–Kier alpha value is -2.38. The lowest BCUT2D eigenvalue weighted by Gasteiger charge is -2.22. The molecule has 2 amide bonds. The molecule has 0 saturated carbocycles. The van der Waals surface area contributed by atoms with Crippen molar-refractivity contribution in [1.82, 2.24) is 25.3 Å². The number of nitrogens with zero attached hydrogens (tertiary/aromatic N) is 3. The first-order valence-electron chi connectivity index (χ1n) is 9.60. The summed E-state index contributed by atoms with van der Waals surface area (Å²) in [6.45, 7) is 3.14. The van der Waals surface area contributed by atoms with E-state index in [0.717, 1.165) is 31.5 Å². The number of hydrogen-bond donors (Lipinski definition) is 2. The molecule has 2 aliphatic rings. The smallest absolute Gasteiger partial charge is 0.272 e. The summed E-state index contributed by atoms with van der Waals surface area (Å²) in [5.74, 6) is -0.305. The lowest BCUT2D eigenvalue weighted by molar-refractivity contribution is -0.129. The summed E-state index contributed by atoms with van der Waals surface area (Å²) in [7, 11) is 0. The number of rotatable bonds is 5. The molecule has 150 valence electrons. The maximum absolute atomic E-state index is 12.6. The molecule has 2 atom stereocenters. The van der Waals surface area contributed by atoms with Crippen molar-refractivity contribution in [2.24, 2.45) is 0 Å². The highest BCUT2D eigenvalue weighted by molar-refractivity contribution is 5.96. The highest BCUT2D eigenvalue weighted by Crippen LogP contribution is 2.17. The van der Waals surface area contributed by atoms with E-state index in [4.69, 9.17) is 0 Å². The maximum atomic E-state index is 12.6. The number of piperidine rings is 1. The first-order valence-corrected chi connectivity index (χ1v) is 9.60. The zero-order valence-electron chi connectivity index (χ0n) is 15.7. The quantitative estimate of drug-likeness (QED) is 0.797. The number of nitrogens with one attached hydrogen (secondary N) is 2. The van der Waals surface area contributed by atoms with E-state index in [1.54, 1.807) is 11.0 Å². The molecule has 2 unspecified atom stereocenters. The summed E-state index contributed by atoms with van der Waals surface area (Å²) in [4.78, 5) is 26.9. The molecule has 2 aliphatic heterocycles. The van der Waals surface area contributed by atoms with Crippen molar-refractivity contribution in [3.8, 4) is 0 Å². The summed E-state index contributed by atoms with van der Waals surface area (Å²) in [5, 5.41) is 10.6. The first-order chi connectivity index (χ1) is 13.2. The van der Waals surface area contributed by atoms with Crippen molar-refractivity contribution in [3.05, 3.63) is 53.9 Å². The zero-order valence-corrected chi connectivity index (χ0v) is 16.5. The second-order valence-electron chi connectivity index (χ2n) is 7.24. The van der Waals surface area contributed by atoms with E-state index in [1.165, 1.54) is 0 Å². The molecule has 8 heteroatoms. The molecule has 1 aromatic carbocycles. The summed E-state index contributed by atoms with van der Waals surface area (Å²) in [5.41, 5.74) is 1.47. The predicted octanol–water partition coefficient (Wildman–Crippen LogP) is 1.76. The molecule has 0 bridgehead atoms. The molecule has 28 heavy (non-hydrogen) atoms. The monoisotopic (exact) mass is 403 g/mol. The van der Waals surface area contributed by atoms with Crippen LogP contribution in [0.2, 0.25) is 0 Å². The Morgan fingerprint density at radius 2 is 2.04 bits per heavy atom. The number of amides is 2. The van der Waals surface area contributed by atoms with Gasteiger partial charge in [0.1, 0.15) is 11.7 Å². The number of carbonyl (C=O) groups is 2. The van der Waals surface area contributed by atoms with Gasteiger partial charge in [0.2, 0.25) is 5.91 Å². The van der Waals surface area contributed by atoms with Crippen LogP contribution in [0.4, 0.5) is 0 Å². The van der Waals surface area contributed by atoms with Crippen LogP contribution in [0.1, 0.15) is 41.4 Å². The van der Waals surface area contributed by atoms with E-state index < -0.39 is 6.04 Å². The van der Waals surface area contributed by atoms with Crippen LogP contribution in [-0.4, -0.2) is 52.2 Å². The SMILES string of the molecule is Cl.O=C(NC1CCN(Cc2ccccc2)C1=O)c1ccn(C2CCCNC2)n1. The van der Waals surface area contributed by atoms with Gasteiger partial charge in [-0.1, -0.05) is 30.3 Å².